The molecule has 2 rings (SSSR count). The maximum Gasteiger partial charge on any atom is 0.336 e. The number of benzene rings is 1. The molecule has 0 amide bonds. The zero-order valence-electron chi connectivity index (χ0n) is 16.0. The second-order valence-corrected chi connectivity index (χ2v) is 9.22. The second-order valence-electron chi connectivity index (χ2n) is 7.35. The molecule has 1 aliphatic heterocycles. The summed E-state index contributed by atoms with van der Waals surface area (Å²) in [4.78, 5) is 13.2. The predicted octanol–water partition coefficient (Wildman–Crippen LogP) is 1.06. The number of carboxylic acid groups (broad SMARTS) is 1. The molecule has 1 aromatic rings. The molecule has 1 aliphatic rings. The number of rotatable bonds is 5. The fourth-order valence-corrected chi connectivity index (χ4v) is 5.33. The number of aliphatic carboxylic acids is 1. The minimum Gasteiger partial charge on any atom is -0.479 e. The highest BCUT2D eigenvalue weighted by Crippen LogP contribution is 2.29. The molecular formula is C18H28N2O5S. The van der Waals surface area contributed by atoms with Crippen molar-refractivity contribution in [1.82, 2.24) is 9.21 Å². The van der Waals surface area contributed by atoms with E-state index in [4.69, 9.17) is 5.11 Å². The van der Waals surface area contributed by atoms with Gasteiger partial charge in [0, 0.05) is 32.7 Å². The summed E-state index contributed by atoms with van der Waals surface area (Å²) in [5, 5.41) is 18.9. The lowest BCUT2D eigenvalue weighted by Gasteiger charge is -2.36. The number of nitrogens with zero attached hydrogens (tertiary/aromatic N) is 2. The summed E-state index contributed by atoms with van der Waals surface area (Å²) in [6, 6.07) is 2.00. The van der Waals surface area contributed by atoms with E-state index in [-0.39, 0.29) is 19.6 Å². The number of carbonyl (C=O) groups is 1. The van der Waals surface area contributed by atoms with E-state index in [1.807, 2.05) is 33.8 Å². The Balaban J connectivity index is 2.21. The van der Waals surface area contributed by atoms with E-state index in [0.717, 1.165) is 22.3 Å². The van der Waals surface area contributed by atoms with Crippen LogP contribution in [0.2, 0.25) is 0 Å². The third-order valence-corrected chi connectivity index (χ3v) is 7.39. The summed E-state index contributed by atoms with van der Waals surface area (Å²) in [5.74, 6) is -1.28. The van der Waals surface area contributed by atoms with Gasteiger partial charge in [0.05, 0.1) is 4.90 Å². The molecule has 146 valence electrons. The van der Waals surface area contributed by atoms with Crippen molar-refractivity contribution in [3.8, 4) is 0 Å². The van der Waals surface area contributed by atoms with E-state index in [9.17, 15) is 18.3 Å². The third kappa shape index (κ3) is 3.93. The summed E-state index contributed by atoms with van der Waals surface area (Å²) in [6.45, 7) is 9.99. The highest BCUT2D eigenvalue weighted by molar-refractivity contribution is 7.89. The first-order chi connectivity index (χ1) is 11.9. The van der Waals surface area contributed by atoms with Crippen LogP contribution in [-0.4, -0.2) is 72.1 Å². The van der Waals surface area contributed by atoms with Gasteiger partial charge in [-0.1, -0.05) is 6.07 Å². The number of piperazine rings is 1. The van der Waals surface area contributed by atoms with E-state index >= 15 is 0 Å². The van der Waals surface area contributed by atoms with Gasteiger partial charge in [0.25, 0.3) is 0 Å². The van der Waals surface area contributed by atoms with Gasteiger partial charge in [0.15, 0.2) is 5.60 Å². The lowest BCUT2D eigenvalue weighted by atomic mass is 10.0. The number of hydrogen-bond donors (Lipinski definition) is 2. The molecule has 2 N–H and O–H groups in total. The zero-order valence-corrected chi connectivity index (χ0v) is 16.9. The second kappa shape index (κ2) is 7.26. The van der Waals surface area contributed by atoms with Crippen LogP contribution in [-0.2, 0) is 14.8 Å². The molecule has 0 aromatic heterocycles. The van der Waals surface area contributed by atoms with Crippen molar-refractivity contribution < 1.29 is 23.4 Å². The van der Waals surface area contributed by atoms with Crippen molar-refractivity contribution in [2.24, 2.45) is 0 Å². The minimum absolute atomic E-state index is 0.0299. The maximum atomic E-state index is 13.2. The first-order valence-electron chi connectivity index (χ1n) is 8.63. The Kier molecular flexibility index (Phi) is 5.82. The first-order valence-corrected chi connectivity index (χ1v) is 10.1. The lowest BCUT2D eigenvalue weighted by molar-refractivity contribution is -0.158. The Bertz CT molecular complexity index is 783. The van der Waals surface area contributed by atoms with Gasteiger partial charge in [-0.3, -0.25) is 4.90 Å². The summed E-state index contributed by atoms with van der Waals surface area (Å²) in [7, 11) is -3.62. The zero-order chi connectivity index (χ0) is 19.9. The van der Waals surface area contributed by atoms with Crippen LogP contribution in [0.25, 0.3) is 0 Å². The van der Waals surface area contributed by atoms with Crippen LogP contribution < -0.4 is 0 Å². The average Bonchev–Trinajstić information content (AvgIpc) is 2.53. The van der Waals surface area contributed by atoms with Crippen LogP contribution >= 0.6 is 0 Å². The Hall–Kier alpha value is -1.48. The molecule has 7 nitrogen and oxygen atoms in total. The first kappa shape index (κ1) is 20.8. The van der Waals surface area contributed by atoms with Gasteiger partial charge in [-0.05, 0) is 56.9 Å². The number of sulfonamides is 1. The number of hydrogen-bond acceptors (Lipinski definition) is 5. The number of aryl methyl sites for hydroxylation is 2. The van der Waals surface area contributed by atoms with E-state index in [2.05, 4.69) is 0 Å². The summed E-state index contributed by atoms with van der Waals surface area (Å²) < 4.78 is 27.8. The molecule has 1 heterocycles. The topological polar surface area (TPSA) is 98.2 Å². The molecule has 1 unspecified atom stereocenters. The Morgan fingerprint density at radius 1 is 1.08 bits per heavy atom. The van der Waals surface area contributed by atoms with Gasteiger partial charge in [-0.15, -0.1) is 0 Å². The molecule has 0 aliphatic carbocycles. The minimum atomic E-state index is -3.62. The fourth-order valence-electron chi connectivity index (χ4n) is 3.33. The smallest absolute Gasteiger partial charge is 0.336 e. The molecule has 1 saturated heterocycles. The Labute approximate surface area is 155 Å². The highest BCUT2D eigenvalue weighted by Gasteiger charge is 2.36. The monoisotopic (exact) mass is 384 g/mol. The van der Waals surface area contributed by atoms with Crippen LogP contribution in [0.1, 0.15) is 29.2 Å². The molecule has 1 atom stereocenters. The average molecular weight is 384 g/mol. The fraction of sp³-hybridized carbons (Fsp3) is 0.611. The van der Waals surface area contributed by atoms with Crippen molar-refractivity contribution in [2.75, 3.05) is 32.7 Å². The van der Waals surface area contributed by atoms with Gasteiger partial charge >= 0.3 is 5.97 Å². The number of aliphatic hydroxyl groups is 1. The van der Waals surface area contributed by atoms with E-state index < -0.39 is 21.6 Å². The van der Waals surface area contributed by atoms with Gasteiger partial charge in [0.1, 0.15) is 0 Å². The Morgan fingerprint density at radius 2 is 1.54 bits per heavy atom. The molecule has 0 saturated carbocycles. The molecule has 1 fully saturated rings. The van der Waals surface area contributed by atoms with Crippen LogP contribution in [0.15, 0.2) is 11.0 Å². The summed E-state index contributed by atoms with van der Waals surface area (Å²) in [5.41, 5.74) is 1.58. The van der Waals surface area contributed by atoms with Crippen molar-refractivity contribution in [1.29, 1.82) is 0 Å². The standard InChI is InChI=1S/C18H28N2O5S/c1-12-10-13(2)15(4)16(14(12)3)26(24,25)20-8-6-19(7-9-20)11-18(5,23)17(21)22/h10,23H,6-9,11H2,1-5H3,(H,21,22). The van der Waals surface area contributed by atoms with E-state index in [0.29, 0.717) is 18.0 Å². The van der Waals surface area contributed by atoms with Gasteiger partial charge in [-0.25, -0.2) is 13.2 Å². The molecule has 26 heavy (non-hydrogen) atoms. The van der Waals surface area contributed by atoms with Gasteiger partial charge < -0.3 is 10.2 Å². The summed E-state index contributed by atoms with van der Waals surface area (Å²) in [6.07, 6.45) is 0. The lowest BCUT2D eigenvalue weighted by Crippen LogP contribution is -2.54. The van der Waals surface area contributed by atoms with Crippen LogP contribution in [0.3, 0.4) is 0 Å². The van der Waals surface area contributed by atoms with Crippen LogP contribution in [0, 0.1) is 27.7 Å². The Morgan fingerprint density at radius 3 is 1.96 bits per heavy atom. The van der Waals surface area contributed by atoms with E-state index in [1.54, 1.807) is 4.90 Å². The molecule has 0 spiro atoms. The van der Waals surface area contributed by atoms with Crippen LogP contribution in [0.5, 0.6) is 0 Å². The van der Waals surface area contributed by atoms with Crippen molar-refractivity contribution >= 4 is 16.0 Å². The van der Waals surface area contributed by atoms with Crippen molar-refractivity contribution in [2.45, 2.75) is 45.1 Å². The van der Waals surface area contributed by atoms with E-state index in [1.165, 1.54) is 11.2 Å². The number of β-amino-alcohol motifs (C(OH)–C–C–N with tert-alkyl or cyclic N) is 1. The number of carboxylic acids is 1. The van der Waals surface area contributed by atoms with Gasteiger partial charge in [-0.2, -0.15) is 4.31 Å². The van der Waals surface area contributed by atoms with Crippen LogP contribution in [0.4, 0.5) is 0 Å². The maximum absolute atomic E-state index is 13.2. The largest absolute Gasteiger partial charge is 0.479 e. The van der Waals surface area contributed by atoms with Gasteiger partial charge in [0.2, 0.25) is 10.0 Å². The third-order valence-electron chi connectivity index (χ3n) is 5.22. The normalized spacial score (nSPS) is 19.3. The SMILES string of the molecule is Cc1cc(C)c(C)c(S(=O)(=O)N2CCN(CC(C)(O)C(=O)O)CC2)c1C. The predicted molar refractivity (Wildman–Crippen MR) is 98.8 cm³/mol. The van der Waals surface area contributed by atoms with Crippen molar-refractivity contribution in [3.05, 3.63) is 28.3 Å². The molecule has 0 bridgehead atoms. The quantitative estimate of drug-likeness (QED) is 0.788. The molecule has 8 heteroatoms. The molecule has 1 aromatic carbocycles. The van der Waals surface area contributed by atoms with Crippen molar-refractivity contribution in [3.63, 3.8) is 0 Å². The summed E-state index contributed by atoms with van der Waals surface area (Å²) >= 11 is 0. The molecular weight excluding hydrogens is 356 g/mol. The molecule has 0 radical (unpaired) electrons. The highest BCUT2D eigenvalue weighted by atomic mass is 32.2.